The van der Waals surface area contributed by atoms with Gasteiger partial charge in [0.1, 0.15) is 0 Å². The highest BCUT2D eigenvalue weighted by Gasteiger charge is 2.16. The van der Waals surface area contributed by atoms with Gasteiger partial charge >= 0.3 is 0 Å². The largest absolute Gasteiger partial charge is 0.353 e. The van der Waals surface area contributed by atoms with Gasteiger partial charge in [-0.25, -0.2) is 0 Å². The van der Waals surface area contributed by atoms with E-state index in [9.17, 15) is 0 Å². The Bertz CT molecular complexity index is 401. The number of aromatic nitrogens is 3. The monoisotopic (exact) mass is 279 g/mol. The Morgan fingerprint density at radius 1 is 1.25 bits per heavy atom. The van der Waals surface area contributed by atoms with Gasteiger partial charge in [-0.05, 0) is 34.1 Å². The molecule has 2 heterocycles. The van der Waals surface area contributed by atoms with E-state index in [0.717, 1.165) is 51.5 Å². The molecule has 0 bridgehead atoms. The Hall–Kier alpha value is -1.47. The summed E-state index contributed by atoms with van der Waals surface area (Å²) in [6, 6.07) is 0. The number of piperazine rings is 1. The molecule has 1 N–H and O–H groups in total. The van der Waals surface area contributed by atoms with E-state index < -0.39 is 0 Å². The first-order valence-electron chi connectivity index (χ1n) is 7.17. The normalized spacial score (nSPS) is 16.7. The molecule has 0 spiro atoms. The molecule has 7 heteroatoms. The summed E-state index contributed by atoms with van der Waals surface area (Å²) >= 11 is 0. The summed E-state index contributed by atoms with van der Waals surface area (Å²) < 4.78 is 0. The number of rotatable bonds is 6. The van der Waals surface area contributed by atoms with E-state index >= 15 is 0 Å². The van der Waals surface area contributed by atoms with Gasteiger partial charge in [-0.2, -0.15) is 10.1 Å². The Kier molecular flexibility index (Phi) is 5.49. The van der Waals surface area contributed by atoms with Crippen LogP contribution in [0.25, 0.3) is 0 Å². The smallest absolute Gasteiger partial charge is 0.244 e. The van der Waals surface area contributed by atoms with Crippen LogP contribution in [0.5, 0.6) is 0 Å². The van der Waals surface area contributed by atoms with Gasteiger partial charge in [-0.15, -0.1) is 5.10 Å². The molecule has 20 heavy (non-hydrogen) atoms. The zero-order chi connectivity index (χ0) is 14.4. The topological polar surface area (TPSA) is 60.4 Å². The maximum Gasteiger partial charge on any atom is 0.244 e. The van der Waals surface area contributed by atoms with Crippen LogP contribution in [0.3, 0.4) is 0 Å². The molecule has 1 saturated heterocycles. The van der Waals surface area contributed by atoms with Crippen molar-refractivity contribution >= 4 is 11.8 Å². The fourth-order valence-electron chi connectivity index (χ4n) is 2.15. The van der Waals surface area contributed by atoms with E-state index in [4.69, 9.17) is 0 Å². The zero-order valence-electron chi connectivity index (χ0n) is 12.7. The molecule has 0 atom stereocenters. The first kappa shape index (κ1) is 14.9. The third-order valence-corrected chi connectivity index (χ3v) is 3.44. The number of nitrogens with zero attached hydrogens (tertiary/aromatic N) is 6. The van der Waals surface area contributed by atoms with Crippen molar-refractivity contribution in [3.63, 3.8) is 0 Å². The highest BCUT2D eigenvalue weighted by molar-refractivity contribution is 5.40. The van der Waals surface area contributed by atoms with Crippen LogP contribution in [0.2, 0.25) is 0 Å². The van der Waals surface area contributed by atoms with Crippen molar-refractivity contribution in [1.82, 2.24) is 25.0 Å². The Balaban J connectivity index is 1.84. The van der Waals surface area contributed by atoms with Crippen LogP contribution in [0, 0.1) is 0 Å². The van der Waals surface area contributed by atoms with Gasteiger partial charge in [0.25, 0.3) is 0 Å². The van der Waals surface area contributed by atoms with Crippen LogP contribution in [-0.4, -0.2) is 85.4 Å². The van der Waals surface area contributed by atoms with Crippen LogP contribution >= 0.6 is 0 Å². The predicted octanol–water partition coefficient (Wildman–Crippen LogP) is -0.0130. The number of hydrogen-bond acceptors (Lipinski definition) is 7. The molecule has 1 fully saturated rings. The van der Waals surface area contributed by atoms with Crippen LogP contribution in [0.15, 0.2) is 6.20 Å². The molecule has 0 saturated carbocycles. The van der Waals surface area contributed by atoms with Crippen molar-refractivity contribution in [1.29, 1.82) is 0 Å². The van der Waals surface area contributed by atoms with E-state index in [2.05, 4.69) is 56.3 Å². The lowest BCUT2D eigenvalue weighted by Crippen LogP contribution is -2.44. The molecular formula is C13H25N7. The summed E-state index contributed by atoms with van der Waals surface area (Å²) in [6.45, 7) is 6.04. The van der Waals surface area contributed by atoms with Crippen molar-refractivity contribution in [2.45, 2.75) is 6.42 Å². The lowest BCUT2D eigenvalue weighted by molar-refractivity contribution is 0.312. The summed E-state index contributed by atoms with van der Waals surface area (Å²) in [4.78, 5) is 11.3. The molecule has 0 radical (unpaired) electrons. The lowest BCUT2D eigenvalue weighted by atomic mass is 10.3. The fourth-order valence-corrected chi connectivity index (χ4v) is 2.15. The molecule has 0 aromatic carbocycles. The first-order valence-corrected chi connectivity index (χ1v) is 7.17. The van der Waals surface area contributed by atoms with Gasteiger partial charge in [-0.1, -0.05) is 0 Å². The average Bonchev–Trinajstić information content (AvgIpc) is 2.44. The molecule has 1 aromatic rings. The second-order valence-corrected chi connectivity index (χ2v) is 5.51. The molecule has 0 amide bonds. The second-order valence-electron chi connectivity index (χ2n) is 5.51. The van der Waals surface area contributed by atoms with Gasteiger partial charge in [0.05, 0.1) is 6.20 Å². The Morgan fingerprint density at radius 3 is 2.70 bits per heavy atom. The van der Waals surface area contributed by atoms with E-state index in [1.165, 1.54) is 0 Å². The molecule has 7 nitrogen and oxygen atoms in total. The van der Waals surface area contributed by atoms with E-state index in [0.29, 0.717) is 5.95 Å². The summed E-state index contributed by atoms with van der Waals surface area (Å²) in [5, 5.41) is 11.3. The minimum Gasteiger partial charge on any atom is -0.353 e. The number of likely N-dealkylation sites (N-methyl/N-ethyl adjacent to an activating group) is 1. The second kappa shape index (κ2) is 7.35. The Labute approximate surface area is 121 Å². The molecule has 1 aliphatic rings. The van der Waals surface area contributed by atoms with Gasteiger partial charge in [0.2, 0.25) is 5.95 Å². The number of anilines is 2. The van der Waals surface area contributed by atoms with E-state index in [1.54, 1.807) is 6.20 Å². The molecule has 2 rings (SSSR count). The summed E-state index contributed by atoms with van der Waals surface area (Å²) in [5.74, 6) is 1.54. The SMILES string of the molecule is CN(C)CCCNc1nncc(N2CCN(C)CC2)n1. The first-order chi connectivity index (χ1) is 9.65. The van der Waals surface area contributed by atoms with Crippen molar-refractivity contribution in [3.8, 4) is 0 Å². The molecular weight excluding hydrogens is 254 g/mol. The van der Waals surface area contributed by atoms with Crippen molar-refractivity contribution in [3.05, 3.63) is 6.20 Å². The number of nitrogens with one attached hydrogen (secondary N) is 1. The van der Waals surface area contributed by atoms with E-state index in [-0.39, 0.29) is 0 Å². The third-order valence-electron chi connectivity index (χ3n) is 3.44. The zero-order valence-corrected chi connectivity index (χ0v) is 12.7. The van der Waals surface area contributed by atoms with Crippen LogP contribution < -0.4 is 10.2 Å². The average molecular weight is 279 g/mol. The Morgan fingerprint density at radius 2 is 2.00 bits per heavy atom. The van der Waals surface area contributed by atoms with Crippen molar-refractivity contribution in [2.24, 2.45) is 0 Å². The van der Waals surface area contributed by atoms with Crippen LogP contribution in [0.4, 0.5) is 11.8 Å². The highest BCUT2D eigenvalue weighted by atomic mass is 15.3. The summed E-state index contributed by atoms with van der Waals surface area (Å²) in [6.07, 6.45) is 2.81. The quantitative estimate of drug-likeness (QED) is 0.735. The maximum absolute atomic E-state index is 4.55. The highest BCUT2D eigenvalue weighted by Crippen LogP contribution is 2.12. The standard InChI is InChI=1S/C13H25N7/c1-18(2)6-4-5-14-13-16-12(11-15-17-13)20-9-7-19(3)8-10-20/h11H,4-10H2,1-3H3,(H,14,16,17). The minimum atomic E-state index is 0.625. The van der Waals surface area contributed by atoms with Crippen molar-refractivity contribution in [2.75, 3.05) is 70.6 Å². The third kappa shape index (κ3) is 4.57. The van der Waals surface area contributed by atoms with Gasteiger partial charge in [0.15, 0.2) is 5.82 Å². The van der Waals surface area contributed by atoms with Crippen molar-refractivity contribution < 1.29 is 0 Å². The molecule has 112 valence electrons. The molecule has 1 aromatic heterocycles. The lowest BCUT2D eigenvalue weighted by Gasteiger charge is -2.32. The summed E-state index contributed by atoms with van der Waals surface area (Å²) in [7, 11) is 6.30. The van der Waals surface area contributed by atoms with Gasteiger partial charge in [-0.3, -0.25) is 0 Å². The van der Waals surface area contributed by atoms with Crippen LogP contribution in [0.1, 0.15) is 6.42 Å². The van der Waals surface area contributed by atoms with Crippen LogP contribution in [-0.2, 0) is 0 Å². The minimum absolute atomic E-state index is 0.625. The van der Waals surface area contributed by atoms with E-state index in [1.807, 2.05) is 0 Å². The maximum atomic E-state index is 4.55. The molecule has 1 aliphatic heterocycles. The van der Waals surface area contributed by atoms with Gasteiger partial charge < -0.3 is 20.0 Å². The summed E-state index contributed by atoms with van der Waals surface area (Å²) in [5.41, 5.74) is 0. The molecule has 0 unspecified atom stereocenters. The molecule has 0 aliphatic carbocycles. The van der Waals surface area contributed by atoms with Gasteiger partial charge in [0, 0.05) is 32.7 Å². The predicted molar refractivity (Wildman–Crippen MR) is 81.2 cm³/mol. The fraction of sp³-hybridized carbons (Fsp3) is 0.769. The number of hydrogen-bond donors (Lipinski definition) is 1.